The molecule has 0 spiro atoms. The number of esters is 1. The molecule has 0 aliphatic heterocycles. The topological polar surface area (TPSA) is 93.9 Å². The molecule has 0 saturated heterocycles. The first kappa shape index (κ1) is 14.6. The third-order valence-corrected chi connectivity index (χ3v) is 3.09. The number of rotatable bonds is 4. The number of nitrogens with two attached hydrogens (primary N) is 1. The van der Waals surface area contributed by atoms with Gasteiger partial charge in [0, 0.05) is 6.54 Å². The van der Waals surface area contributed by atoms with Crippen LogP contribution >= 0.6 is 0 Å². The van der Waals surface area contributed by atoms with Crippen molar-refractivity contribution in [3.05, 3.63) is 46.8 Å². The van der Waals surface area contributed by atoms with Gasteiger partial charge in [0.1, 0.15) is 6.61 Å². The number of carbonyl (C=O) groups excluding carboxylic acids is 1. The lowest BCUT2D eigenvalue weighted by atomic mass is 10.1. The van der Waals surface area contributed by atoms with Crippen LogP contribution in [-0.2, 0) is 17.9 Å². The summed E-state index contributed by atoms with van der Waals surface area (Å²) in [4.78, 5) is 12.2. The monoisotopic (exact) mass is 284 g/mol. The first-order valence-corrected chi connectivity index (χ1v) is 6.55. The maximum Gasteiger partial charge on any atom is 0.359 e. The lowest BCUT2D eigenvalue weighted by Gasteiger charge is -2.07. The molecule has 0 bridgehead atoms. The van der Waals surface area contributed by atoms with Crippen molar-refractivity contribution >= 4 is 11.7 Å². The van der Waals surface area contributed by atoms with E-state index in [1.54, 1.807) is 31.2 Å². The van der Waals surface area contributed by atoms with Crippen molar-refractivity contribution < 1.29 is 9.53 Å². The molecular weight excluding hydrogens is 268 g/mol. The highest BCUT2D eigenvalue weighted by Crippen LogP contribution is 2.18. The quantitative estimate of drug-likeness (QED) is 0.867. The fourth-order valence-electron chi connectivity index (χ4n) is 1.99. The van der Waals surface area contributed by atoms with Gasteiger partial charge >= 0.3 is 5.97 Å². The van der Waals surface area contributed by atoms with Crippen LogP contribution < -0.4 is 5.73 Å². The molecule has 0 saturated carbocycles. The Hall–Kier alpha value is -2.81. The zero-order chi connectivity index (χ0) is 15.4. The molecule has 0 radical (unpaired) electrons. The number of aryl methyl sites for hydroxylation is 2. The summed E-state index contributed by atoms with van der Waals surface area (Å²) in [7, 11) is 0. The van der Waals surface area contributed by atoms with Crippen molar-refractivity contribution in [1.82, 2.24) is 9.78 Å². The highest BCUT2D eigenvalue weighted by Gasteiger charge is 2.20. The normalized spacial score (nSPS) is 10.1. The first-order chi connectivity index (χ1) is 10.1. The van der Waals surface area contributed by atoms with Crippen molar-refractivity contribution in [1.29, 1.82) is 5.26 Å². The number of aromatic nitrogens is 2. The van der Waals surface area contributed by atoms with Gasteiger partial charge in [-0.3, -0.25) is 4.68 Å². The minimum absolute atomic E-state index is 0.0851. The Kier molecular flexibility index (Phi) is 4.24. The fourth-order valence-corrected chi connectivity index (χ4v) is 1.99. The molecule has 21 heavy (non-hydrogen) atoms. The van der Waals surface area contributed by atoms with Crippen molar-refractivity contribution in [2.45, 2.75) is 27.0 Å². The van der Waals surface area contributed by atoms with Gasteiger partial charge in [-0.05, 0) is 31.5 Å². The summed E-state index contributed by atoms with van der Waals surface area (Å²) in [6.07, 6.45) is 0. The van der Waals surface area contributed by atoms with Crippen molar-refractivity contribution in [2.75, 3.05) is 5.73 Å². The number of hydrogen-bond donors (Lipinski definition) is 1. The number of anilines is 1. The summed E-state index contributed by atoms with van der Waals surface area (Å²) in [5.74, 6) is -0.516. The summed E-state index contributed by atoms with van der Waals surface area (Å²) >= 11 is 0. The zero-order valence-corrected chi connectivity index (χ0v) is 12.0. The molecule has 2 rings (SSSR count). The molecule has 1 aromatic carbocycles. The number of ether oxygens (including phenoxy) is 1. The molecule has 6 nitrogen and oxygen atoms in total. The summed E-state index contributed by atoms with van der Waals surface area (Å²) in [5.41, 5.74) is 8.36. The van der Waals surface area contributed by atoms with E-state index in [1.165, 1.54) is 4.68 Å². The minimum Gasteiger partial charge on any atom is -0.456 e. The van der Waals surface area contributed by atoms with Crippen LogP contribution in [0.2, 0.25) is 0 Å². The van der Waals surface area contributed by atoms with Gasteiger partial charge in [0.15, 0.2) is 5.69 Å². The van der Waals surface area contributed by atoms with Gasteiger partial charge in [-0.25, -0.2) is 4.79 Å². The third-order valence-electron chi connectivity index (χ3n) is 3.09. The van der Waals surface area contributed by atoms with E-state index in [1.807, 2.05) is 13.0 Å². The number of carbonyl (C=O) groups is 1. The van der Waals surface area contributed by atoms with Gasteiger partial charge in [0.05, 0.1) is 23.0 Å². The van der Waals surface area contributed by atoms with Gasteiger partial charge in [-0.1, -0.05) is 12.1 Å². The highest BCUT2D eigenvalue weighted by atomic mass is 16.5. The summed E-state index contributed by atoms with van der Waals surface area (Å²) in [6, 6.07) is 8.95. The second kappa shape index (κ2) is 6.09. The van der Waals surface area contributed by atoms with Crippen LogP contribution in [0.5, 0.6) is 0 Å². The van der Waals surface area contributed by atoms with Gasteiger partial charge < -0.3 is 10.5 Å². The largest absolute Gasteiger partial charge is 0.456 e. The van der Waals surface area contributed by atoms with E-state index in [4.69, 9.17) is 15.7 Å². The molecule has 0 fully saturated rings. The summed E-state index contributed by atoms with van der Waals surface area (Å²) in [5, 5.41) is 13.0. The molecule has 0 unspecified atom stereocenters. The minimum atomic E-state index is -0.516. The molecule has 2 N–H and O–H groups in total. The molecule has 0 aliphatic carbocycles. The molecule has 2 aromatic rings. The Bertz CT molecular complexity index is 713. The van der Waals surface area contributed by atoms with E-state index in [0.29, 0.717) is 23.5 Å². The van der Waals surface area contributed by atoms with Crippen LogP contribution in [0.15, 0.2) is 24.3 Å². The Balaban J connectivity index is 2.14. The van der Waals surface area contributed by atoms with Crippen LogP contribution in [-0.4, -0.2) is 15.7 Å². The van der Waals surface area contributed by atoms with Crippen LogP contribution in [0.3, 0.4) is 0 Å². The Morgan fingerprint density at radius 1 is 1.52 bits per heavy atom. The molecule has 0 amide bonds. The van der Waals surface area contributed by atoms with Crippen LogP contribution in [0.25, 0.3) is 0 Å². The van der Waals surface area contributed by atoms with E-state index in [0.717, 1.165) is 5.56 Å². The van der Waals surface area contributed by atoms with Crippen LogP contribution in [0.4, 0.5) is 5.69 Å². The van der Waals surface area contributed by atoms with Gasteiger partial charge in [-0.15, -0.1) is 0 Å². The molecule has 0 atom stereocenters. The van der Waals surface area contributed by atoms with Crippen molar-refractivity contribution in [3.8, 4) is 6.07 Å². The maximum absolute atomic E-state index is 12.2. The highest BCUT2D eigenvalue weighted by molar-refractivity contribution is 5.93. The maximum atomic E-state index is 12.2. The summed E-state index contributed by atoms with van der Waals surface area (Å²) in [6.45, 7) is 4.24. The molecule has 108 valence electrons. The van der Waals surface area contributed by atoms with E-state index >= 15 is 0 Å². The Labute approximate surface area is 122 Å². The summed E-state index contributed by atoms with van der Waals surface area (Å²) < 4.78 is 6.79. The number of nitriles is 1. The number of nitrogens with zero attached hydrogens (tertiary/aromatic N) is 3. The zero-order valence-electron chi connectivity index (χ0n) is 12.0. The average molecular weight is 284 g/mol. The van der Waals surface area contributed by atoms with Crippen LogP contribution in [0, 0.1) is 18.3 Å². The van der Waals surface area contributed by atoms with Crippen molar-refractivity contribution in [2.24, 2.45) is 0 Å². The predicted molar refractivity (Wildman–Crippen MR) is 77.3 cm³/mol. The van der Waals surface area contributed by atoms with E-state index < -0.39 is 5.97 Å². The Morgan fingerprint density at radius 2 is 2.29 bits per heavy atom. The SMILES string of the molecule is CCn1nc(C)c(N)c1C(=O)OCc1cccc(C#N)c1. The van der Waals surface area contributed by atoms with Gasteiger partial charge in [0.25, 0.3) is 0 Å². The van der Waals surface area contributed by atoms with Crippen molar-refractivity contribution in [3.63, 3.8) is 0 Å². The standard InChI is InChI=1S/C15H16N4O2/c1-3-19-14(13(17)10(2)18-19)15(20)21-9-12-6-4-5-11(7-12)8-16/h4-7H,3,9,17H2,1-2H3. The van der Waals surface area contributed by atoms with Gasteiger partial charge in [-0.2, -0.15) is 10.4 Å². The fraction of sp³-hybridized carbons (Fsp3) is 0.267. The van der Waals surface area contributed by atoms with E-state index in [-0.39, 0.29) is 12.3 Å². The van der Waals surface area contributed by atoms with Gasteiger partial charge in [0.2, 0.25) is 0 Å². The van der Waals surface area contributed by atoms with E-state index in [2.05, 4.69) is 5.10 Å². The predicted octanol–water partition coefficient (Wildman–Crippen LogP) is 2.02. The number of benzene rings is 1. The number of hydrogen-bond acceptors (Lipinski definition) is 5. The smallest absolute Gasteiger partial charge is 0.359 e. The molecule has 0 aliphatic rings. The lowest BCUT2D eigenvalue weighted by molar-refractivity contribution is 0.0459. The van der Waals surface area contributed by atoms with E-state index in [9.17, 15) is 4.79 Å². The molecular formula is C15H16N4O2. The average Bonchev–Trinajstić information content (AvgIpc) is 2.80. The molecule has 1 aromatic heterocycles. The first-order valence-electron chi connectivity index (χ1n) is 6.55. The number of nitrogen functional groups attached to an aromatic ring is 1. The lowest BCUT2D eigenvalue weighted by Crippen LogP contribution is -2.14. The van der Waals surface area contributed by atoms with Crippen LogP contribution in [0.1, 0.15) is 34.2 Å². The second-order valence-corrected chi connectivity index (χ2v) is 4.55. The molecule has 1 heterocycles. The second-order valence-electron chi connectivity index (χ2n) is 4.55. The third kappa shape index (κ3) is 3.03. The Morgan fingerprint density at radius 3 is 2.95 bits per heavy atom. The molecule has 6 heteroatoms.